The van der Waals surface area contributed by atoms with Crippen LogP contribution in [0.5, 0.6) is 11.5 Å². The number of rotatable bonds is 14. The number of carbonyl (C=O) groups excluding carboxylic acids is 1. The molecule has 0 saturated heterocycles. The average Bonchev–Trinajstić information content (AvgIpc) is 3.72. The van der Waals surface area contributed by atoms with E-state index in [4.69, 9.17) is 37.4 Å². The number of hydrogen-bond acceptors (Lipinski definition) is 9. The van der Waals surface area contributed by atoms with E-state index in [-0.39, 0.29) is 59.6 Å². The highest BCUT2D eigenvalue weighted by Gasteiger charge is 2.31. The first-order chi connectivity index (χ1) is 25.5. The van der Waals surface area contributed by atoms with E-state index in [1.165, 1.54) is 20.3 Å². The number of amides is 1. The van der Waals surface area contributed by atoms with Crippen LogP contribution in [0.2, 0.25) is 10.0 Å². The van der Waals surface area contributed by atoms with E-state index in [9.17, 15) is 19.8 Å². The predicted molar refractivity (Wildman–Crippen MR) is 199 cm³/mol. The van der Waals surface area contributed by atoms with Crippen LogP contribution < -0.4 is 20.1 Å². The van der Waals surface area contributed by atoms with Crippen molar-refractivity contribution in [2.24, 2.45) is 7.05 Å². The lowest BCUT2D eigenvalue weighted by molar-refractivity contribution is -0.140. The first-order valence-corrected chi connectivity index (χ1v) is 18.0. The molecule has 1 amide bonds. The van der Waals surface area contributed by atoms with Crippen LogP contribution in [0.1, 0.15) is 58.1 Å². The van der Waals surface area contributed by atoms with Gasteiger partial charge in [0.05, 0.1) is 36.7 Å². The second-order valence-electron chi connectivity index (χ2n) is 13.2. The van der Waals surface area contributed by atoms with Crippen LogP contribution in [0.3, 0.4) is 0 Å². The third-order valence-corrected chi connectivity index (χ3v) is 10.8. The molecule has 2 unspecified atom stereocenters. The van der Waals surface area contributed by atoms with Gasteiger partial charge < -0.3 is 34.3 Å². The number of aliphatic hydroxyl groups is 1. The van der Waals surface area contributed by atoms with Gasteiger partial charge in [-0.05, 0) is 42.5 Å². The van der Waals surface area contributed by atoms with E-state index >= 15 is 4.39 Å². The number of nitrogens with one attached hydrogen (secondary N) is 2. The molecule has 0 radical (unpaired) electrons. The van der Waals surface area contributed by atoms with Gasteiger partial charge in [0.2, 0.25) is 0 Å². The number of imidazole rings is 1. The molecule has 53 heavy (non-hydrogen) atoms. The fourth-order valence-corrected chi connectivity index (χ4v) is 7.55. The molecule has 15 heteroatoms. The van der Waals surface area contributed by atoms with Crippen molar-refractivity contribution in [2.45, 2.75) is 57.5 Å². The van der Waals surface area contributed by atoms with E-state index in [2.05, 4.69) is 20.5 Å². The van der Waals surface area contributed by atoms with Gasteiger partial charge in [0.25, 0.3) is 5.91 Å². The van der Waals surface area contributed by atoms with Gasteiger partial charge in [-0.1, -0.05) is 53.5 Å². The molecule has 3 aromatic carbocycles. The molecule has 1 aromatic heterocycles. The largest absolute Gasteiger partial charge is 0.496 e. The molecule has 1 aliphatic carbocycles. The quantitative estimate of drug-likeness (QED) is 0.124. The van der Waals surface area contributed by atoms with Crippen molar-refractivity contribution in [3.63, 3.8) is 0 Å². The Kier molecular flexibility index (Phi) is 11.9. The molecule has 4 aromatic rings. The number of anilines is 1. The minimum Gasteiger partial charge on any atom is -0.496 e. The lowest BCUT2D eigenvalue weighted by atomic mass is 9.96. The molecule has 1 aliphatic heterocycles. The summed E-state index contributed by atoms with van der Waals surface area (Å²) < 4.78 is 34.2. The second-order valence-corrected chi connectivity index (χ2v) is 13.9. The molecule has 12 nitrogen and oxygen atoms in total. The van der Waals surface area contributed by atoms with E-state index in [0.717, 1.165) is 46.6 Å². The summed E-state index contributed by atoms with van der Waals surface area (Å²) in [6.45, 7) is 3.06. The highest BCUT2D eigenvalue weighted by molar-refractivity contribution is 6.36. The topological polar surface area (TPSA) is 147 Å². The Hall–Kier alpha value is -4.24. The molecule has 6 rings (SSSR count). The van der Waals surface area contributed by atoms with Crippen molar-refractivity contribution < 1.29 is 38.4 Å². The lowest BCUT2D eigenvalue weighted by Gasteiger charge is -2.30. The smallest absolute Gasteiger partial charge is 0.323 e. The number of benzene rings is 3. The SMILES string of the molecule is COC[C@@H](NCc1c(OC)cc(OC2CCc3c(-c4cccc(NC(=O)c5nc6c(n5C)CCN(C(C)CO)C6)c4Cl)cccc32)c(Cl)c1F)C(=O)O. The highest BCUT2D eigenvalue weighted by Crippen LogP contribution is 2.45. The van der Waals surface area contributed by atoms with Crippen LogP contribution in [-0.4, -0.2) is 82.6 Å². The fourth-order valence-electron chi connectivity index (χ4n) is 7.06. The van der Waals surface area contributed by atoms with Crippen molar-refractivity contribution in [1.29, 1.82) is 0 Å². The summed E-state index contributed by atoms with van der Waals surface area (Å²) in [5.74, 6) is -1.78. The lowest BCUT2D eigenvalue weighted by Crippen LogP contribution is -2.40. The third kappa shape index (κ3) is 7.73. The first kappa shape index (κ1) is 38.5. The molecule has 0 spiro atoms. The maximum absolute atomic E-state index is 15.7. The molecular weight excluding hydrogens is 728 g/mol. The van der Waals surface area contributed by atoms with Gasteiger partial charge in [0, 0.05) is 69.1 Å². The number of methoxy groups -OCH3 is 2. The van der Waals surface area contributed by atoms with Gasteiger partial charge in [0.15, 0.2) is 11.6 Å². The summed E-state index contributed by atoms with van der Waals surface area (Å²) in [5.41, 5.74) is 5.81. The Morgan fingerprint density at radius 1 is 1.09 bits per heavy atom. The summed E-state index contributed by atoms with van der Waals surface area (Å²) >= 11 is 13.5. The van der Waals surface area contributed by atoms with Crippen LogP contribution >= 0.6 is 23.2 Å². The highest BCUT2D eigenvalue weighted by atomic mass is 35.5. The zero-order valence-electron chi connectivity index (χ0n) is 29.8. The van der Waals surface area contributed by atoms with Crippen molar-refractivity contribution in [1.82, 2.24) is 19.8 Å². The van der Waals surface area contributed by atoms with E-state index in [1.807, 2.05) is 48.9 Å². The number of carbonyl (C=O) groups is 2. The van der Waals surface area contributed by atoms with E-state index < -0.39 is 23.9 Å². The van der Waals surface area contributed by atoms with Crippen molar-refractivity contribution in [3.05, 3.63) is 92.2 Å². The number of hydrogen-bond donors (Lipinski definition) is 4. The predicted octanol–water partition coefficient (Wildman–Crippen LogP) is 5.79. The molecule has 0 fully saturated rings. The number of halogens is 3. The van der Waals surface area contributed by atoms with Gasteiger partial charge >= 0.3 is 5.97 Å². The first-order valence-electron chi connectivity index (χ1n) is 17.2. The minimum atomic E-state index is -1.14. The monoisotopic (exact) mass is 769 g/mol. The summed E-state index contributed by atoms with van der Waals surface area (Å²) in [4.78, 5) is 31.9. The molecule has 282 valence electrons. The molecule has 2 aliphatic rings. The minimum absolute atomic E-state index is 0.00260. The molecule has 0 bridgehead atoms. The van der Waals surface area contributed by atoms with Gasteiger partial charge in [-0.2, -0.15) is 0 Å². The Labute approximate surface area is 316 Å². The molecule has 2 heterocycles. The van der Waals surface area contributed by atoms with Crippen molar-refractivity contribution in [3.8, 4) is 22.6 Å². The van der Waals surface area contributed by atoms with Crippen molar-refractivity contribution in [2.75, 3.05) is 39.3 Å². The fraction of sp³-hybridized carbons (Fsp3) is 0.395. The third-order valence-electron chi connectivity index (χ3n) is 10.0. The summed E-state index contributed by atoms with van der Waals surface area (Å²) in [6.07, 6.45) is 1.49. The van der Waals surface area contributed by atoms with Gasteiger partial charge in [-0.25, -0.2) is 9.37 Å². The maximum Gasteiger partial charge on any atom is 0.323 e. The zero-order valence-corrected chi connectivity index (χ0v) is 31.4. The Balaban J connectivity index is 1.21. The Morgan fingerprint density at radius 2 is 1.85 bits per heavy atom. The standard InChI is InChI=1S/C38H42Cl2FN5O7/c1-20(18-47)46-14-13-29-27(17-46)43-36(45(29)2)37(48)44-26-10-6-9-24(33(26)39)21-7-5-8-23-22(21)11-12-30(23)53-32-15-31(52-4)25(35(41)34(32)40)16-42-28(19-51-3)38(49)50/h5-10,15,20,28,30,42,47H,11-14,16-19H2,1-4H3,(H,44,48)(H,49,50)/t20?,28-,30?/m1/s1. The van der Waals surface area contributed by atoms with Gasteiger partial charge in [-0.15, -0.1) is 0 Å². The van der Waals surface area contributed by atoms with Crippen LogP contribution in [0.4, 0.5) is 10.1 Å². The summed E-state index contributed by atoms with van der Waals surface area (Å²) in [5, 5.41) is 24.9. The number of aliphatic carboxylic acids is 1. The van der Waals surface area contributed by atoms with E-state index in [1.54, 1.807) is 6.07 Å². The Morgan fingerprint density at radius 3 is 2.57 bits per heavy atom. The summed E-state index contributed by atoms with van der Waals surface area (Å²) in [6, 6.07) is 11.7. The zero-order chi connectivity index (χ0) is 38.0. The second kappa shape index (κ2) is 16.4. The molecule has 4 N–H and O–H groups in total. The van der Waals surface area contributed by atoms with Crippen molar-refractivity contribution >= 4 is 40.8 Å². The van der Waals surface area contributed by atoms with Crippen LogP contribution in [0.15, 0.2) is 42.5 Å². The number of nitrogens with zero attached hydrogens (tertiary/aromatic N) is 3. The average molecular weight is 771 g/mol. The molecule has 3 atom stereocenters. The molecule has 0 saturated carbocycles. The normalized spacial score (nSPS) is 16.5. The van der Waals surface area contributed by atoms with Crippen LogP contribution in [0.25, 0.3) is 11.1 Å². The number of carboxylic acids is 1. The number of aliphatic hydroxyl groups excluding tert-OH is 1. The number of aromatic nitrogens is 2. The molecular formula is C38H42Cl2FN5O7. The number of carboxylic acid groups (broad SMARTS) is 1. The number of fused-ring (bicyclic) bond motifs is 2. The maximum atomic E-state index is 15.7. The number of ether oxygens (including phenoxy) is 3. The van der Waals surface area contributed by atoms with Crippen LogP contribution in [0, 0.1) is 5.82 Å². The summed E-state index contributed by atoms with van der Waals surface area (Å²) in [7, 11) is 4.59. The van der Waals surface area contributed by atoms with E-state index in [0.29, 0.717) is 30.1 Å². The van der Waals surface area contributed by atoms with Gasteiger partial charge in [0.1, 0.15) is 28.7 Å². The Bertz CT molecular complexity index is 2030. The van der Waals surface area contributed by atoms with Crippen LogP contribution in [-0.2, 0) is 42.5 Å². The van der Waals surface area contributed by atoms with Gasteiger partial charge in [-0.3, -0.25) is 19.8 Å².